The van der Waals surface area contributed by atoms with Crippen molar-refractivity contribution < 1.29 is 14.1 Å². The molecule has 0 bridgehead atoms. The highest BCUT2D eigenvalue weighted by molar-refractivity contribution is 9.10. The van der Waals surface area contributed by atoms with E-state index in [2.05, 4.69) is 36.7 Å². The molecule has 7 nitrogen and oxygen atoms in total. The zero-order valence-corrected chi connectivity index (χ0v) is 16.6. The first-order valence-electron chi connectivity index (χ1n) is 7.87. The second kappa shape index (κ2) is 8.74. The lowest BCUT2D eigenvalue weighted by atomic mass is 10.2. The molecule has 0 aliphatic carbocycles. The van der Waals surface area contributed by atoms with Crippen LogP contribution in [-0.2, 0) is 11.3 Å². The fourth-order valence-electron chi connectivity index (χ4n) is 2.24. The van der Waals surface area contributed by atoms with E-state index in [9.17, 15) is 4.79 Å². The third-order valence-corrected chi connectivity index (χ3v) is 4.23. The summed E-state index contributed by atoms with van der Waals surface area (Å²) in [6.45, 7) is 0.267. The van der Waals surface area contributed by atoms with E-state index in [1.54, 1.807) is 24.3 Å². The minimum absolute atomic E-state index is 0.267. The van der Waals surface area contributed by atoms with Crippen LogP contribution in [0.4, 0.5) is 5.69 Å². The molecule has 0 atom stereocenters. The van der Waals surface area contributed by atoms with Crippen LogP contribution in [0.1, 0.15) is 16.2 Å². The maximum atomic E-state index is 11.6. The fraction of sp³-hybridized carbons (Fsp3) is 0.111. The molecule has 0 amide bonds. The molecule has 1 heterocycles. The van der Waals surface area contributed by atoms with Gasteiger partial charge in [-0.3, -0.25) is 0 Å². The lowest BCUT2D eigenvalue weighted by Gasteiger charge is -2.09. The van der Waals surface area contributed by atoms with Gasteiger partial charge in [-0.15, -0.1) is 0 Å². The number of nitrogens with one attached hydrogen (secondary N) is 2. The number of benzene rings is 2. The Hall–Kier alpha value is -2.78. The summed E-state index contributed by atoms with van der Waals surface area (Å²) in [7, 11) is 1.33. The highest BCUT2D eigenvalue weighted by Crippen LogP contribution is 2.20. The van der Waals surface area contributed by atoms with Gasteiger partial charge in [0.15, 0.2) is 5.11 Å². The number of carbonyl (C=O) groups is 1. The number of esters is 1. The Kier molecular flexibility index (Phi) is 6.15. The van der Waals surface area contributed by atoms with Crippen molar-refractivity contribution in [1.82, 2.24) is 15.5 Å². The van der Waals surface area contributed by atoms with Crippen molar-refractivity contribution in [2.24, 2.45) is 0 Å². The number of rotatable bonds is 5. The minimum Gasteiger partial charge on any atom is -0.465 e. The Balaban J connectivity index is 1.58. The average molecular weight is 447 g/mol. The van der Waals surface area contributed by atoms with Crippen LogP contribution >= 0.6 is 28.1 Å². The molecule has 0 saturated carbocycles. The minimum atomic E-state index is -0.413. The molecule has 138 valence electrons. The Bertz CT molecular complexity index is 977. The van der Waals surface area contributed by atoms with Gasteiger partial charge in [-0.1, -0.05) is 39.3 Å². The predicted octanol–water partition coefficient (Wildman–Crippen LogP) is 3.77. The molecule has 0 aliphatic rings. The molecular weight excluding hydrogens is 432 g/mol. The summed E-state index contributed by atoms with van der Waals surface area (Å²) in [6.07, 6.45) is 0. The van der Waals surface area contributed by atoms with Gasteiger partial charge in [0.25, 0.3) is 0 Å². The molecule has 0 fully saturated rings. The summed E-state index contributed by atoms with van der Waals surface area (Å²) in [6, 6.07) is 14.5. The fourth-order valence-corrected chi connectivity index (χ4v) is 2.83. The van der Waals surface area contributed by atoms with Gasteiger partial charge in [0.2, 0.25) is 11.7 Å². The van der Waals surface area contributed by atoms with Gasteiger partial charge in [-0.25, -0.2) is 4.79 Å². The number of halogens is 1. The topological polar surface area (TPSA) is 89.3 Å². The van der Waals surface area contributed by atoms with E-state index >= 15 is 0 Å². The van der Waals surface area contributed by atoms with Crippen molar-refractivity contribution >= 4 is 44.9 Å². The summed E-state index contributed by atoms with van der Waals surface area (Å²) < 4.78 is 10.9. The summed E-state index contributed by atoms with van der Waals surface area (Å²) in [5.74, 6) is 0.485. The number of nitrogens with zero attached hydrogens (tertiary/aromatic N) is 2. The van der Waals surface area contributed by atoms with E-state index in [4.69, 9.17) is 21.5 Å². The largest absolute Gasteiger partial charge is 0.465 e. The van der Waals surface area contributed by atoms with Gasteiger partial charge in [-0.2, -0.15) is 4.98 Å². The molecule has 27 heavy (non-hydrogen) atoms. The van der Waals surface area contributed by atoms with Crippen molar-refractivity contribution in [1.29, 1.82) is 0 Å². The van der Waals surface area contributed by atoms with Gasteiger partial charge in [0, 0.05) is 15.7 Å². The molecule has 1 aromatic heterocycles. The molecule has 9 heteroatoms. The second-order valence-corrected chi connectivity index (χ2v) is 6.73. The van der Waals surface area contributed by atoms with Gasteiger partial charge >= 0.3 is 5.97 Å². The number of carbonyl (C=O) groups excluding carboxylic acids is 1. The normalized spacial score (nSPS) is 10.3. The number of ether oxygens (including phenoxy) is 1. The van der Waals surface area contributed by atoms with Crippen molar-refractivity contribution in [3.8, 4) is 11.4 Å². The number of aromatic nitrogens is 2. The Morgan fingerprint density at radius 2 is 2.07 bits per heavy atom. The quantitative estimate of drug-likeness (QED) is 0.452. The first-order valence-corrected chi connectivity index (χ1v) is 9.07. The van der Waals surface area contributed by atoms with E-state index in [0.717, 1.165) is 10.0 Å². The van der Waals surface area contributed by atoms with E-state index in [0.29, 0.717) is 28.1 Å². The van der Waals surface area contributed by atoms with Crippen molar-refractivity contribution in [2.75, 3.05) is 12.4 Å². The zero-order valence-electron chi connectivity index (χ0n) is 14.2. The number of anilines is 1. The highest BCUT2D eigenvalue weighted by Gasteiger charge is 2.10. The average Bonchev–Trinajstić information content (AvgIpc) is 3.15. The van der Waals surface area contributed by atoms with Gasteiger partial charge in [-0.05, 0) is 42.5 Å². The highest BCUT2D eigenvalue weighted by atomic mass is 79.9. The molecule has 0 aliphatic heterocycles. The first-order chi connectivity index (χ1) is 13.0. The zero-order chi connectivity index (χ0) is 19.2. The van der Waals surface area contributed by atoms with Crippen LogP contribution in [0.3, 0.4) is 0 Å². The monoisotopic (exact) mass is 446 g/mol. The maximum Gasteiger partial charge on any atom is 0.337 e. The number of methoxy groups -OCH3 is 1. The summed E-state index contributed by atoms with van der Waals surface area (Å²) in [5.41, 5.74) is 1.94. The summed E-state index contributed by atoms with van der Waals surface area (Å²) >= 11 is 8.67. The summed E-state index contributed by atoms with van der Waals surface area (Å²) in [5, 5.41) is 10.3. The van der Waals surface area contributed by atoms with Crippen molar-refractivity contribution in [2.45, 2.75) is 6.54 Å². The molecule has 0 spiro atoms. The maximum absolute atomic E-state index is 11.6. The Morgan fingerprint density at radius 3 is 2.85 bits per heavy atom. The molecule has 3 aromatic rings. The van der Waals surface area contributed by atoms with Crippen molar-refractivity contribution in [3.05, 3.63) is 64.5 Å². The molecule has 2 N–H and O–H groups in total. The predicted molar refractivity (Wildman–Crippen MR) is 108 cm³/mol. The van der Waals surface area contributed by atoms with E-state index < -0.39 is 5.97 Å². The van der Waals surface area contributed by atoms with Crippen molar-refractivity contribution in [3.63, 3.8) is 0 Å². The summed E-state index contributed by atoms with van der Waals surface area (Å²) in [4.78, 5) is 15.9. The standard InChI is InChI=1S/C18H15BrN4O3S/c1-25-17(24)12-5-3-7-14(9-12)21-18(27)20-10-15-22-16(23-26-15)11-4-2-6-13(19)8-11/h2-9H,10H2,1H3,(H2,20,21,27). The van der Waals surface area contributed by atoms with Crippen LogP contribution in [0.2, 0.25) is 0 Å². The van der Waals surface area contributed by atoms with Gasteiger partial charge in [0.05, 0.1) is 19.2 Å². The smallest absolute Gasteiger partial charge is 0.337 e. The van der Waals surface area contributed by atoms with Crippen LogP contribution < -0.4 is 10.6 Å². The third-order valence-electron chi connectivity index (χ3n) is 3.49. The first kappa shape index (κ1) is 19.0. The number of thiocarbonyl (C=S) groups is 1. The van der Waals surface area contributed by atoms with Crippen LogP contribution in [0.5, 0.6) is 0 Å². The number of hydrogen-bond donors (Lipinski definition) is 2. The number of hydrogen-bond acceptors (Lipinski definition) is 6. The molecule has 0 saturated heterocycles. The molecule has 0 radical (unpaired) electrons. The van der Waals surface area contributed by atoms with Crippen LogP contribution in [0.15, 0.2) is 57.5 Å². The lowest BCUT2D eigenvalue weighted by Crippen LogP contribution is -2.28. The van der Waals surface area contributed by atoms with E-state index in [1.807, 2.05) is 24.3 Å². The second-order valence-electron chi connectivity index (χ2n) is 5.40. The molecule has 0 unspecified atom stereocenters. The lowest BCUT2D eigenvalue weighted by molar-refractivity contribution is 0.0601. The SMILES string of the molecule is COC(=O)c1cccc(NC(=S)NCc2nc(-c3cccc(Br)c3)no2)c1. The van der Waals surface area contributed by atoms with Gasteiger partial charge < -0.3 is 19.9 Å². The van der Waals surface area contributed by atoms with Gasteiger partial charge in [0.1, 0.15) is 0 Å². The van der Waals surface area contributed by atoms with E-state index in [-0.39, 0.29) is 6.54 Å². The third kappa shape index (κ3) is 5.11. The molecule has 2 aromatic carbocycles. The van der Waals surface area contributed by atoms with Crippen LogP contribution in [0.25, 0.3) is 11.4 Å². The molecular formula is C18H15BrN4O3S. The van der Waals surface area contributed by atoms with E-state index in [1.165, 1.54) is 7.11 Å². The van der Waals surface area contributed by atoms with Crippen LogP contribution in [-0.4, -0.2) is 28.3 Å². The van der Waals surface area contributed by atoms with Crippen LogP contribution in [0, 0.1) is 0 Å². The Labute approximate surface area is 169 Å². The Morgan fingerprint density at radius 1 is 1.26 bits per heavy atom. The molecule has 3 rings (SSSR count).